The number of hydrogen-bond acceptors (Lipinski definition) is 4. The monoisotopic (exact) mass is 496 g/mol. The van der Waals surface area contributed by atoms with Crippen LogP contribution in [-0.2, 0) is 0 Å². The number of nitrogens with zero attached hydrogens (tertiary/aromatic N) is 2. The van der Waals surface area contributed by atoms with E-state index in [2.05, 4.69) is 31.7 Å². The Morgan fingerprint density at radius 2 is 0.941 bits per heavy atom. The molecule has 0 radical (unpaired) electrons. The first-order valence-corrected chi connectivity index (χ1v) is 12.6. The van der Waals surface area contributed by atoms with Gasteiger partial charge in [0.25, 0.3) is 0 Å². The van der Waals surface area contributed by atoms with Gasteiger partial charge in [-0.2, -0.15) is 10.2 Å². The topological polar surface area (TPSA) is 72.8 Å². The molecule has 0 aliphatic rings. The highest BCUT2D eigenvalue weighted by molar-refractivity contribution is 7.80. The molecule has 2 aromatic rings. The van der Waals surface area contributed by atoms with E-state index in [1.54, 1.807) is 0 Å². The number of nitrogens with one attached hydrogen (secondary N) is 4. The van der Waals surface area contributed by atoms with Gasteiger partial charge in [0.15, 0.2) is 10.2 Å². The van der Waals surface area contributed by atoms with Gasteiger partial charge >= 0.3 is 0 Å². The van der Waals surface area contributed by atoms with Gasteiger partial charge in [-0.1, -0.05) is 62.1 Å². The number of rotatable bonds is 13. The van der Waals surface area contributed by atoms with Crippen molar-refractivity contribution in [2.45, 2.75) is 65.2 Å². The van der Waals surface area contributed by atoms with Crippen molar-refractivity contribution in [2.75, 3.05) is 10.6 Å². The van der Waals surface area contributed by atoms with Crippen molar-refractivity contribution in [1.82, 2.24) is 10.9 Å². The minimum absolute atomic E-state index is 0.508. The first-order chi connectivity index (χ1) is 16.5. The lowest BCUT2D eigenvalue weighted by Crippen LogP contribution is -2.24. The molecule has 4 N–H and O–H groups in total. The van der Waals surface area contributed by atoms with Crippen LogP contribution < -0.4 is 21.5 Å². The van der Waals surface area contributed by atoms with Crippen molar-refractivity contribution in [3.8, 4) is 0 Å². The lowest BCUT2D eigenvalue weighted by molar-refractivity contribution is 0.606. The molecule has 0 saturated carbocycles. The lowest BCUT2D eigenvalue weighted by atomic mass is 10.1. The van der Waals surface area contributed by atoms with Gasteiger partial charge in [-0.3, -0.25) is 10.9 Å². The van der Waals surface area contributed by atoms with E-state index in [0.29, 0.717) is 10.2 Å². The minimum Gasteiger partial charge on any atom is -0.331 e. The van der Waals surface area contributed by atoms with Crippen LogP contribution in [0.5, 0.6) is 0 Å². The third-order valence-electron chi connectivity index (χ3n) is 5.09. The van der Waals surface area contributed by atoms with Crippen molar-refractivity contribution < 1.29 is 0 Å². The van der Waals surface area contributed by atoms with Gasteiger partial charge in [0.2, 0.25) is 0 Å². The molecule has 0 aromatic heterocycles. The van der Waals surface area contributed by atoms with Crippen molar-refractivity contribution in [3.63, 3.8) is 0 Å². The highest BCUT2D eigenvalue weighted by Gasteiger charge is 1.99. The molecular weight excluding hydrogens is 460 g/mol. The molecule has 0 aliphatic carbocycles. The van der Waals surface area contributed by atoms with Crippen LogP contribution in [-0.4, -0.2) is 21.6 Å². The number of hydrazone groups is 2. The molecule has 0 heterocycles. The normalized spacial score (nSPS) is 11.6. The van der Waals surface area contributed by atoms with E-state index < -0.39 is 0 Å². The molecule has 0 bridgehead atoms. The zero-order valence-electron chi connectivity index (χ0n) is 20.1. The maximum atomic E-state index is 5.27. The number of hydrogen-bond donors (Lipinski definition) is 4. The molecule has 0 fully saturated rings. The molecule has 0 atom stereocenters. The van der Waals surface area contributed by atoms with Gasteiger partial charge in [0, 0.05) is 22.8 Å². The quantitative estimate of drug-likeness (QED) is 0.105. The van der Waals surface area contributed by atoms with Crippen LogP contribution in [0.15, 0.2) is 70.9 Å². The molecule has 0 amide bonds. The van der Waals surface area contributed by atoms with Crippen molar-refractivity contribution in [2.24, 2.45) is 10.2 Å². The zero-order chi connectivity index (χ0) is 24.4. The van der Waals surface area contributed by atoms with Crippen LogP contribution in [0.3, 0.4) is 0 Å². The Balaban J connectivity index is 1.46. The highest BCUT2D eigenvalue weighted by Crippen LogP contribution is 2.10. The Morgan fingerprint density at radius 1 is 0.588 bits per heavy atom. The molecular formula is C26H36N6S2. The maximum Gasteiger partial charge on any atom is 0.191 e. The summed E-state index contributed by atoms with van der Waals surface area (Å²) in [5.74, 6) is 0. The fraction of sp³-hybridized carbons (Fsp3) is 0.385. The van der Waals surface area contributed by atoms with E-state index >= 15 is 0 Å². The molecule has 6 nitrogen and oxygen atoms in total. The highest BCUT2D eigenvalue weighted by atomic mass is 32.1. The first-order valence-electron chi connectivity index (χ1n) is 11.8. The van der Waals surface area contributed by atoms with Crippen LogP contribution in [0.25, 0.3) is 0 Å². The van der Waals surface area contributed by atoms with Crippen molar-refractivity contribution in [3.05, 3.63) is 60.7 Å². The van der Waals surface area contributed by atoms with E-state index in [1.165, 1.54) is 25.7 Å². The van der Waals surface area contributed by atoms with E-state index in [9.17, 15) is 0 Å². The summed E-state index contributed by atoms with van der Waals surface area (Å²) in [6.45, 7) is 4.07. The Hall–Kier alpha value is -2.84. The zero-order valence-corrected chi connectivity index (χ0v) is 21.8. The van der Waals surface area contributed by atoms with Crippen LogP contribution in [0, 0.1) is 0 Å². The Labute approximate surface area is 214 Å². The average molecular weight is 497 g/mol. The third-order valence-corrected chi connectivity index (χ3v) is 5.47. The molecule has 182 valence electrons. The average Bonchev–Trinajstić information content (AvgIpc) is 2.84. The summed E-state index contributed by atoms with van der Waals surface area (Å²) in [5, 5.41) is 16.0. The van der Waals surface area contributed by atoms with Gasteiger partial charge < -0.3 is 10.6 Å². The fourth-order valence-corrected chi connectivity index (χ4v) is 3.56. The van der Waals surface area contributed by atoms with Crippen LogP contribution in [0.2, 0.25) is 0 Å². The smallest absolute Gasteiger partial charge is 0.191 e. The van der Waals surface area contributed by atoms with Gasteiger partial charge in [0.05, 0.1) is 0 Å². The lowest BCUT2D eigenvalue weighted by Gasteiger charge is -2.08. The van der Waals surface area contributed by atoms with Crippen molar-refractivity contribution >= 4 is 57.5 Å². The first kappa shape index (κ1) is 27.4. The standard InChI is InChI=1S/C26H36N6S2/c1-21(29-31-25(33)27-23-17-11-7-12-18-23)15-9-5-3-4-6-10-16-22(2)30-32-26(34)28-24-19-13-8-14-20-24/h7-8,11-14,17-20H,3-6,9-10,15-16H2,1-2H3,(H2,27,31,33)(H2,28,32,34). The molecule has 0 saturated heterocycles. The third kappa shape index (κ3) is 13.0. The van der Waals surface area contributed by atoms with Crippen LogP contribution in [0.1, 0.15) is 65.2 Å². The summed E-state index contributed by atoms with van der Waals surface area (Å²) < 4.78 is 0. The Bertz CT molecular complexity index is 851. The molecule has 2 rings (SSSR count). The van der Waals surface area contributed by atoms with Gasteiger partial charge in [-0.15, -0.1) is 0 Å². The van der Waals surface area contributed by atoms with E-state index in [1.807, 2.05) is 74.5 Å². The number of benzene rings is 2. The van der Waals surface area contributed by atoms with Gasteiger partial charge in [0.1, 0.15) is 0 Å². The number of anilines is 2. The van der Waals surface area contributed by atoms with Crippen LogP contribution in [0.4, 0.5) is 11.4 Å². The van der Waals surface area contributed by atoms with E-state index in [4.69, 9.17) is 24.4 Å². The molecule has 8 heteroatoms. The second kappa shape index (κ2) is 16.7. The summed E-state index contributed by atoms with van der Waals surface area (Å²) in [6.07, 6.45) is 9.17. The van der Waals surface area contributed by atoms with Gasteiger partial charge in [-0.25, -0.2) is 0 Å². The Morgan fingerprint density at radius 3 is 1.32 bits per heavy atom. The van der Waals surface area contributed by atoms with Gasteiger partial charge in [-0.05, 0) is 88.2 Å². The maximum absolute atomic E-state index is 5.27. The largest absolute Gasteiger partial charge is 0.331 e. The molecule has 34 heavy (non-hydrogen) atoms. The fourth-order valence-electron chi connectivity index (χ4n) is 3.23. The summed E-state index contributed by atoms with van der Waals surface area (Å²) in [6, 6.07) is 19.7. The number of unbranched alkanes of at least 4 members (excludes halogenated alkanes) is 5. The molecule has 0 spiro atoms. The molecule has 0 aliphatic heterocycles. The van der Waals surface area contributed by atoms with E-state index in [-0.39, 0.29) is 0 Å². The number of para-hydroxylation sites is 2. The molecule has 0 unspecified atom stereocenters. The molecule has 2 aromatic carbocycles. The predicted octanol–water partition coefficient (Wildman–Crippen LogP) is 6.83. The summed E-state index contributed by atoms with van der Waals surface area (Å²) in [7, 11) is 0. The van der Waals surface area contributed by atoms with E-state index in [0.717, 1.165) is 48.5 Å². The summed E-state index contributed by atoms with van der Waals surface area (Å²) >= 11 is 10.5. The van der Waals surface area contributed by atoms with Crippen LogP contribution >= 0.6 is 24.4 Å². The SMILES string of the molecule is CC(CCCCCCCCC(C)=NNC(=S)Nc1ccccc1)=NNC(=S)Nc1ccccc1. The number of thiocarbonyl (C=S) groups is 2. The second-order valence-corrected chi connectivity index (χ2v) is 9.00. The summed E-state index contributed by atoms with van der Waals surface area (Å²) in [5.41, 5.74) is 9.88. The van der Waals surface area contributed by atoms with Crippen molar-refractivity contribution in [1.29, 1.82) is 0 Å². The Kier molecular flexibility index (Phi) is 13.5. The summed E-state index contributed by atoms with van der Waals surface area (Å²) in [4.78, 5) is 0. The minimum atomic E-state index is 0.508. The second-order valence-electron chi connectivity index (χ2n) is 8.18. The predicted molar refractivity (Wildman–Crippen MR) is 155 cm³/mol.